The summed E-state index contributed by atoms with van der Waals surface area (Å²) < 4.78 is 0. The van der Waals surface area contributed by atoms with Crippen LogP contribution in [-0.4, -0.2) is 52.7 Å². The van der Waals surface area contributed by atoms with Crippen LogP contribution in [0, 0.1) is 5.92 Å². The third kappa shape index (κ3) is 6.06. The zero-order valence-electron chi connectivity index (χ0n) is 16.9. The molecular weight excluding hydrogens is 388 g/mol. The third-order valence-corrected chi connectivity index (χ3v) is 6.02. The van der Waals surface area contributed by atoms with Crippen LogP contribution in [0.5, 0.6) is 0 Å². The van der Waals surface area contributed by atoms with E-state index < -0.39 is 5.25 Å². The first-order chi connectivity index (χ1) is 13.9. The van der Waals surface area contributed by atoms with Crippen molar-refractivity contribution in [3.8, 4) is 0 Å². The molecule has 0 saturated carbocycles. The van der Waals surface area contributed by atoms with Gasteiger partial charge in [0.15, 0.2) is 5.17 Å². The van der Waals surface area contributed by atoms with E-state index in [1.165, 1.54) is 18.2 Å². The summed E-state index contributed by atoms with van der Waals surface area (Å²) in [5.41, 5.74) is 1.03. The monoisotopic (exact) mass is 416 g/mol. The number of piperidine rings is 1. The number of thioether (sulfide) groups is 1. The van der Waals surface area contributed by atoms with Crippen LogP contribution >= 0.6 is 11.8 Å². The molecule has 1 unspecified atom stereocenters. The van der Waals surface area contributed by atoms with Crippen LogP contribution in [0.15, 0.2) is 29.3 Å². The number of likely N-dealkylation sites (tertiary alicyclic amines) is 1. The maximum atomic E-state index is 12.5. The third-order valence-electron chi connectivity index (χ3n) is 4.81. The van der Waals surface area contributed by atoms with Crippen molar-refractivity contribution in [2.75, 3.05) is 25.0 Å². The van der Waals surface area contributed by atoms with Crippen LogP contribution in [-0.2, 0) is 9.59 Å². The maximum Gasteiger partial charge on any atom is 0.262 e. The standard InChI is InChI=1S/C21H28N4O3S/c1-14(2)13-22-19(27)15-7-6-8-16(11-15)23-18(26)12-17-20(28)24-21(29-17)25-9-4-3-5-10-25/h6-8,11,14,17H,3-5,9-10,12-13H2,1-2H3,(H,22,27)(H,23,26). The normalized spacial score (nSPS) is 19.3. The number of amidine groups is 1. The molecule has 0 spiro atoms. The summed E-state index contributed by atoms with van der Waals surface area (Å²) in [5.74, 6) is -0.311. The van der Waals surface area contributed by atoms with Crippen LogP contribution in [0.3, 0.4) is 0 Å². The Bertz CT molecular complexity index is 803. The number of carbonyl (C=O) groups excluding carboxylic acids is 3. The Morgan fingerprint density at radius 2 is 2.00 bits per heavy atom. The van der Waals surface area contributed by atoms with E-state index >= 15 is 0 Å². The summed E-state index contributed by atoms with van der Waals surface area (Å²) in [6, 6.07) is 6.82. The lowest BCUT2D eigenvalue weighted by Gasteiger charge is -2.27. The maximum absolute atomic E-state index is 12.5. The van der Waals surface area contributed by atoms with Gasteiger partial charge in [0.2, 0.25) is 5.91 Å². The van der Waals surface area contributed by atoms with Crippen molar-refractivity contribution in [3.05, 3.63) is 29.8 Å². The van der Waals surface area contributed by atoms with Gasteiger partial charge in [0.1, 0.15) is 5.25 Å². The van der Waals surface area contributed by atoms with Gasteiger partial charge in [0.05, 0.1) is 0 Å². The van der Waals surface area contributed by atoms with Crippen LogP contribution in [0.1, 0.15) is 49.9 Å². The number of hydrogen-bond acceptors (Lipinski definition) is 5. The summed E-state index contributed by atoms with van der Waals surface area (Å²) in [5, 5.41) is 5.92. The quantitative estimate of drug-likeness (QED) is 0.744. The van der Waals surface area contributed by atoms with Crippen molar-refractivity contribution in [3.63, 3.8) is 0 Å². The zero-order valence-corrected chi connectivity index (χ0v) is 17.8. The lowest BCUT2D eigenvalue weighted by atomic mass is 10.1. The highest BCUT2D eigenvalue weighted by atomic mass is 32.2. The van der Waals surface area contributed by atoms with Gasteiger partial charge in [0, 0.05) is 37.3 Å². The number of benzene rings is 1. The number of anilines is 1. The Labute approximate surface area is 175 Å². The molecule has 7 nitrogen and oxygen atoms in total. The molecule has 2 heterocycles. The summed E-state index contributed by atoms with van der Waals surface area (Å²) in [6.07, 6.45) is 3.50. The van der Waals surface area contributed by atoms with E-state index in [1.807, 2.05) is 13.8 Å². The smallest absolute Gasteiger partial charge is 0.262 e. The molecule has 1 fully saturated rings. The molecule has 156 valence electrons. The molecule has 2 aliphatic heterocycles. The average molecular weight is 417 g/mol. The number of nitrogens with one attached hydrogen (secondary N) is 2. The van der Waals surface area contributed by atoms with Gasteiger partial charge in [-0.3, -0.25) is 14.4 Å². The minimum atomic E-state index is -0.482. The van der Waals surface area contributed by atoms with E-state index in [0.29, 0.717) is 23.7 Å². The summed E-state index contributed by atoms with van der Waals surface area (Å²) in [6.45, 7) is 6.49. The lowest BCUT2D eigenvalue weighted by Crippen LogP contribution is -2.33. The van der Waals surface area contributed by atoms with Crippen molar-refractivity contribution in [1.29, 1.82) is 0 Å². The Kier molecular flexibility index (Phi) is 7.30. The van der Waals surface area contributed by atoms with Crippen molar-refractivity contribution < 1.29 is 14.4 Å². The Morgan fingerprint density at radius 1 is 1.24 bits per heavy atom. The van der Waals surface area contributed by atoms with E-state index in [2.05, 4.69) is 20.5 Å². The van der Waals surface area contributed by atoms with Gasteiger partial charge < -0.3 is 15.5 Å². The first kappa shape index (κ1) is 21.4. The minimum absolute atomic E-state index is 0.0636. The number of nitrogens with zero attached hydrogens (tertiary/aromatic N) is 2. The largest absolute Gasteiger partial charge is 0.352 e. The second-order valence-corrected chi connectivity index (χ2v) is 8.99. The molecule has 2 N–H and O–H groups in total. The molecule has 0 aromatic heterocycles. The van der Waals surface area contributed by atoms with E-state index in [1.54, 1.807) is 24.3 Å². The second-order valence-electron chi connectivity index (χ2n) is 7.82. The highest BCUT2D eigenvalue weighted by Gasteiger charge is 2.33. The first-order valence-corrected chi connectivity index (χ1v) is 11.0. The van der Waals surface area contributed by atoms with Gasteiger partial charge in [-0.05, 0) is 43.4 Å². The Hall–Kier alpha value is -2.35. The fraction of sp³-hybridized carbons (Fsp3) is 0.524. The van der Waals surface area contributed by atoms with Gasteiger partial charge >= 0.3 is 0 Å². The first-order valence-electron chi connectivity index (χ1n) is 10.1. The van der Waals surface area contributed by atoms with E-state index in [0.717, 1.165) is 31.1 Å². The molecular formula is C21H28N4O3S. The molecule has 0 aliphatic carbocycles. The zero-order chi connectivity index (χ0) is 20.8. The summed E-state index contributed by atoms with van der Waals surface area (Å²) in [4.78, 5) is 43.2. The molecule has 1 saturated heterocycles. The van der Waals surface area contributed by atoms with Crippen molar-refractivity contribution >= 4 is 40.3 Å². The molecule has 2 aliphatic rings. The predicted molar refractivity (Wildman–Crippen MR) is 116 cm³/mol. The molecule has 1 atom stereocenters. The molecule has 0 radical (unpaired) electrons. The van der Waals surface area contributed by atoms with Crippen molar-refractivity contribution in [1.82, 2.24) is 10.2 Å². The fourth-order valence-corrected chi connectivity index (χ4v) is 4.36. The lowest BCUT2D eigenvalue weighted by molar-refractivity contribution is -0.121. The van der Waals surface area contributed by atoms with Crippen LogP contribution in [0.25, 0.3) is 0 Å². The number of rotatable bonds is 6. The number of hydrogen-bond donors (Lipinski definition) is 2. The summed E-state index contributed by atoms with van der Waals surface area (Å²) >= 11 is 1.38. The second kappa shape index (κ2) is 9.91. The van der Waals surface area contributed by atoms with Crippen LogP contribution in [0.4, 0.5) is 5.69 Å². The molecule has 3 rings (SSSR count). The van der Waals surface area contributed by atoms with Gasteiger partial charge in [-0.15, -0.1) is 0 Å². The highest BCUT2D eigenvalue weighted by molar-refractivity contribution is 8.15. The van der Waals surface area contributed by atoms with E-state index in [4.69, 9.17) is 0 Å². The number of amides is 3. The average Bonchev–Trinajstić information content (AvgIpc) is 3.07. The summed E-state index contributed by atoms with van der Waals surface area (Å²) in [7, 11) is 0. The van der Waals surface area contributed by atoms with Crippen molar-refractivity contribution in [2.24, 2.45) is 10.9 Å². The van der Waals surface area contributed by atoms with Gasteiger partial charge in [-0.2, -0.15) is 4.99 Å². The molecule has 1 aromatic rings. The van der Waals surface area contributed by atoms with E-state index in [-0.39, 0.29) is 24.1 Å². The molecule has 0 bridgehead atoms. The van der Waals surface area contributed by atoms with Gasteiger partial charge in [-0.1, -0.05) is 31.7 Å². The topological polar surface area (TPSA) is 90.9 Å². The SMILES string of the molecule is CC(C)CNC(=O)c1cccc(NC(=O)CC2SC(N3CCCCC3)=NC2=O)c1. The van der Waals surface area contributed by atoms with Gasteiger partial charge in [-0.25, -0.2) is 0 Å². The van der Waals surface area contributed by atoms with E-state index in [9.17, 15) is 14.4 Å². The molecule has 8 heteroatoms. The molecule has 3 amide bonds. The number of carbonyl (C=O) groups is 3. The van der Waals surface area contributed by atoms with Crippen molar-refractivity contribution in [2.45, 2.75) is 44.8 Å². The minimum Gasteiger partial charge on any atom is -0.352 e. The highest BCUT2D eigenvalue weighted by Crippen LogP contribution is 2.29. The molecule has 29 heavy (non-hydrogen) atoms. The number of aliphatic imine (C=N–C) groups is 1. The Morgan fingerprint density at radius 3 is 2.72 bits per heavy atom. The van der Waals surface area contributed by atoms with Gasteiger partial charge in [0.25, 0.3) is 11.8 Å². The molecule has 1 aromatic carbocycles. The fourth-order valence-electron chi connectivity index (χ4n) is 3.25. The predicted octanol–water partition coefficient (Wildman–Crippen LogP) is 2.88. The Balaban J connectivity index is 1.52. The van der Waals surface area contributed by atoms with Crippen LogP contribution < -0.4 is 10.6 Å². The van der Waals surface area contributed by atoms with Crippen LogP contribution in [0.2, 0.25) is 0 Å².